The minimum Gasteiger partial charge on any atom is -0.379 e. The van der Waals surface area contributed by atoms with Crippen LogP contribution in [0.5, 0.6) is 0 Å². The monoisotopic (exact) mass is 283 g/mol. The first kappa shape index (κ1) is 15.7. The molecule has 5 heteroatoms. The van der Waals surface area contributed by atoms with Crippen LogP contribution >= 0.6 is 0 Å². The van der Waals surface area contributed by atoms with Crippen LogP contribution in [0.4, 0.5) is 0 Å². The van der Waals surface area contributed by atoms with Gasteiger partial charge in [0.1, 0.15) is 0 Å². The molecule has 2 unspecified atom stereocenters. The number of nitrogens with two attached hydrogens (primary N) is 1. The Morgan fingerprint density at radius 2 is 2.00 bits per heavy atom. The SMILES string of the molecule is CC(C)CCN1CCN(C(=O)C2(C)COCC2N)CC1. The standard InChI is InChI=1S/C15H29N3O2/c1-12(2)4-5-17-6-8-18(9-7-17)14(19)15(3)11-20-10-13(15)16/h12-13H,4-11,16H2,1-3H3. The van der Waals surface area contributed by atoms with Crippen molar-refractivity contribution >= 4 is 5.91 Å². The van der Waals surface area contributed by atoms with Crippen LogP contribution in [0.3, 0.4) is 0 Å². The number of carbonyl (C=O) groups is 1. The first-order valence-electron chi connectivity index (χ1n) is 7.78. The van der Waals surface area contributed by atoms with E-state index in [-0.39, 0.29) is 11.9 Å². The molecule has 2 aliphatic rings. The molecule has 2 aliphatic heterocycles. The third kappa shape index (κ3) is 3.32. The highest BCUT2D eigenvalue weighted by molar-refractivity contribution is 5.83. The lowest BCUT2D eigenvalue weighted by Gasteiger charge is -2.39. The van der Waals surface area contributed by atoms with E-state index in [4.69, 9.17) is 10.5 Å². The highest BCUT2D eigenvalue weighted by Crippen LogP contribution is 2.29. The van der Waals surface area contributed by atoms with Gasteiger partial charge in [-0.05, 0) is 25.8 Å². The zero-order valence-electron chi connectivity index (χ0n) is 13.1. The van der Waals surface area contributed by atoms with Gasteiger partial charge in [0, 0.05) is 32.2 Å². The van der Waals surface area contributed by atoms with Crippen LogP contribution in [0.25, 0.3) is 0 Å². The first-order valence-corrected chi connectivity index (χ1v) is 7.78. The Labute approximate surface area is 122 Å². The van der Waals surface area contributed by atoms with E-state index < -0.39 is 5.41 Å². The van der Waals surface area contributed by atoms with E-state index >= 15 is 0 Å². The van der Waals surface area contributed by atoms with Crippen molar-refractivity contribution in [1.82, 2.24) is 9.80 Å². The third-order valence-corrected chi connectivity index (χ3v) is 4.69. The van der Waals surface area contributed by atoms with Crippen molar-refractivity contribution in [2.24, 2.45) is 17.1 Å². The second kappa shape index (κ2) is 6.41. The Hall–Kier alpha value is -0.650. The fraction of sp³-hybridized carbons (Fsp3) is 0.933. The minimum absolute atomic E-state index is 0.172. The summed E-state index contributed by atoms with van der Waals surface area (Å²) in [6.07, 6.45) is 1.23. The smallest absolute Gasteiger partial charge is 0.232 e. The van der Waals surface area contributed by atoms with E-state index in [9.17, 15) is 4.79 Å². The Morgan fingerprint density at radius 1 is 1.35 bits per heavy atom. The van der Waals surface area contributed by atoms with Crippen molar-refractivity contribution < 1.29 is 9.53 Å². The topological polar surface area (TPSA) is 58.8 Å². The highest BCUT2D eigenvalue weighted by atomic mass is 16.5. The van der Waals surface area contributed by atoms with E-state index in [1.807, 2.05) is 11.8 Å². The van der Waals surface area contributed by atoms with Gasteiger partial charge in [-0.15, -0.1) is 0 Å². The van der Waals surface area contributed by atoms with Crippen LogP contribution < -0.4 is 5.73 Å². The summed E-state index contributed by atoms with van der Waals surface area (Å²) >= 11 is 0. The molecule has 2 saturated heterocycles. The summed E-state index contributed by atoms with van der Waals surface area (Å²) in [5.74, 6) is 0.910. The third-order valence-electron chi connectivity index (χ3n) is 4.69. The van der Waals surface area contributed by atoms with E-state index in [0.29, 0.717) is 13.2 Å². The van der Waals surface area contributed by atoms with Crippen molar-refractivity contribution in [3.05, 3.63) is 0 Å². The molecule has 5 nitrogen and oxygen atoms in total. The maximum absolute atomic E-state index is 12.7. The molecule has 2 N–H and O–H groups in total. The lowest BCUT2D eigenvalue weighted by Crippen LogP contribution is -2.56. The molecule has 0 saturated carbocycles. The van der Waals surface area contributed by atoms with Crippen LogP contribution in [0.1, 0.15) is 27.2 Å². The van der Waals surface area contributed by atoms with Crippen molar-refractivity contribution in [2.75, 3.05) is 45.9 Å². The van der Waals surface area contributed by atoms with Gasteiger partial charge in [0.05, 0.1) is 18.6 Å². The average molecular weight is 283 g/mol. The van der Waals surface area contributed by atoms with Crippen LogP contribution in [-0.2, 0) is 9.53 Å². The van der Waals surface area contributed by atoms with Gasteiger partial charge in [-0.1, -0.05) is 13.8 Å². The Kier molecular flexibility index (Phi) is 5.04. The lowest BCUT2D eigenvalue weighted by molar-refractivity contribution is -0.143. The summed E-state index contributed by atoms with van der Waals surface area (Å²) in [5.41, 5.74) is 5.52. The molecule has 0 radical (unpaired) electrons. The van der Waals surface area contributed by atoms with Crippen LogP contribution in [-0.4, -0.2) is 67.7 Å². The highest BCUT2D eigenvalue weighted by Gasteiger charge is 2.46. The number of ether oxygens (including phenoxy) is 1. The van der Waals surface area contributed by atoms with Gasteiger partial charge in [-0.3, -0.25) is 9.69 Å². The quantitative estimate of drug-likeness (QED) is 0.818. The minimum atomic E-state index is -0.528. The molecule has 0 spiro atoms. The molecule has 1 amide bonds. The van der Waals surface area contributed by atoms with Gasteiger partial charge in [-0.2, -0.15) is 0 Å². The van der Waals surface area contributed by atoms with Gasteiger partial charge in [0.15, 0.2) is 0 Å². The molecule has 0 bridgehead atoms. The number of amides is 1. The van der Waals surface area contributed by atoms with Crippen molar-refractivity contribution in [1.29, 1.82) is 0 Å². The predicted molar refractivity (Wildman–Crippen MR) is 79.4 cm³/mol. The largest absolute Gasteiger partial charge is 0.379 e. The maximum Gasteiger partial charge on any atom is 0.232 e. The molecular weight excluding hydrogens is 254 g/mol. The molecule has 116 valence electrons. The van der Waals surface area contributed by atoms with Crippen LogP contribution in [0, 0.1) is 11.3 Å². The normalized spacial score (nSPS) is 32.0. The molecule has 0 aromatic carbocycles. The number of hydrogen-bond acceptors (Lipinski definition) is 4. The number of carbonyl (C=O) groups excluding carboxylic acids is 1. The van der Waals surface area contributed by atoms with Gasteiger partial charge in [-0.25, -0.2) is 0 Å². The molecule has 0 aliphatic carbocycles. The molecule has 2 heterocycles. The summed E-state index contributed by atoms with van der Waals surface area (Å²) in [5, 5.41) is 0. The molecular formula is C15H29N3O2. The van der Waals surface area contributed by atoms with Gasteiger partial charge < -0.3 is 15.4 Å². The molecule has 0 aromatic rings. The lowest BCUT2D eigenvalue weighted by atomic mass is 9.84. The Morgan fingerprint density at radius 3 is 2.50 bits per heavy atom. The second-order valence-corrected chi connectivity index (χ2v) is 6.86. The van der Waals surface area contributed by atoms with Crippen molar-refractivity contribution in [3.8, 4) is 0 Å². The van der Waals surface area contributed by atoms with Gasteiger partial charge in [0.2, 0.25) is 5.91 Å². The maximum atomic E-state index is 12.7. The van der Waals surface area contributed by atoms with Crippen molar-refractivity contribution in [2.45, 2.75) is 33.2 Å². The van der Waals surface area contributed by atoms with Crippen LogP contribution in [0.2, 0.25) is 0 Å². The Balaban J connectivity index is 1.83. The molecule has 2 fully saturated rings. The summed E-state index contributed by atoms with van der Waals surface area (Å²) in [6.45, 7) is 12.1. The molecule has 20 heavy (non-hydrogen) atoms. The predicted octanol–water partition coefficient (Wildman–Crippen LogP) is 0.541. The van der Waals surface area contributed by atoms with E-state index in [0.717, 1.165) is 38.6 Å². The molecule has 0 aromatic heterocycles. The van der Waals surface area contributed by atoms with E-state index in [2.05, 4.69) is 18.7 Å². The average Bonchev–Trinajstić information content (AvgIpc) is 2.77. The second-order valence-electron chi connectivity index (χ2n) is 6.86. The number of nitrogens with zero attached hydrogens (tertiary/aromatic N) is 2. The summed E-state index contributed by atoms with van der Waals surface area (Å²) in [7, 11) is 0. The zero-order valence-corrected chi connectivity index (χ0v) is 13.1. The Bertz CT molecular complexity index is 340. The van der Waals surface area contributed by atoms with Gasteiger partial charge in [0.25, 0.3) is 0 Å². The fourth-order valence-electron chi connectivity index (χ4n) is 2.89. The summed E-state index contributed by atoms with van der Waals surface area (Å²) < 4.78 is 5.39. The fourth-order valence-corrected chi connectivity index (χ4v) is 2.89. The first-order chi connectivity index (χ1) is 9.43. The molecule has 2 rings (SSSR count). The number of rotatable bonds is 4. The van der Waals surface area contributed by atoms with Gasteiger partial charge >= 0.3 is 0 Å². The zero-order chi connectivity index (χ0) is 14.8. The number of hydrogen-bond donors (Lipinski definition) is 1. The van der Waals surface area contributed by atoms with Crippen LogP contribution in [0.15, 0.2) is 0 Å². The summed E-state index contributed by atoms with van der Waals surface area (Å²) in [4.78, 5) is 17.1. The van der Waals surface area contributed by atoms with E-state index in [1.54, 1.807) is 0 Å². The van der Waals surface area contributed by atoms with Crippen molar-refractivity contribution in [3.63, 3.8) is 0 Å². The summed E-state index contributed by atoms with van der Waals surface area (Å²) in [6, 6.07) is -0.172. The van der Waals surface area contributed by atoms with E-state index in [1.165, 1.54) is 6.42 Å². The molecule has 2 atom stereocenters. The number of piperazine rings is 1.